The van der Waals surface area contributed by atoms with Gasteiger partial charge < -0.3 is 5.11 Å². The third-order valence-electron chi connectivity index (χ3n) is 5.00. The molecule has 0 saturated carbocycles. The Hall–Kier alpha value is -2.20. The molecule has 1 aromatic carbocycles. The molecule has 1 aliphatic rings. The van der Waals surface area contributed by atoms with Crippen LogP contribution >= 0.6 is 0 Å². The van der Waals surface area contributed by atoms with E-state index in [1.165, 1.54) is 17.5 Å². The van der Waals surface area contributed by atoms with Crippen LogP contribution in [0.3, 0.4) is 0 Å². The summed E-state index contributed by atoms with van der Waals surface area (Å²) in [6.07, 6.45) is 2.97. The minimum absolute atomic E-state index is 0.139. The van der Waals surface area contributed by atoms with E-state index in [1.54, 1.807) is 0 Å². The maximum absolute atomic E-state index is 10.8. The fourth-order valence-electron chi connectivity index (χ4n) is 3.57. The van der Waals surface area contributed by atoms with Crippen LogP contribution in [-0.2, 0) is 17.8 Å². The number of carboxylic acids is 1. The minimum atomic E-state index is -0.769. The van der Waals surface area contributed by atoms with E-state index in [9.17, 15) is 4.79 Å². The molecule has 1 atom stereocenters. The Balaban J connectivity index is 1.66. The van der Waals surface area contributed by atoms with Gasteiger partial charge in [0, 0.05) is 36.8 Å². The molecule has 2 aromatic rings. The van der Waals surface area contributed by atoms with Crippen LogP contribution in [0.5, 0.6) is 0 Å². The Morgan fingerprint density at radius 3 is 2.88 bits per heavy atom. The average Bonchev–Trinajstić information content (AvgIpc) is 2.62. The van der Waals surface area contributed by atoms with Crippen molar-refractivity contribution in [3.8, 4) is 0 Å². The van der Waals surface area contributed by atoms with Crippen molar-refractivity contribution in [3.05, 3.63) is 65.0 Å². The number of benzene rings is 1. The van der Waals surface area contributed by atoms with Crippen molar-refractivity contribution >= 4 is 5.97 Å². The van der Waals surface area contributed by atoms with Crippen molar-refractivity contribution in [3.63, 3.8) is 0 Å². The van der Waals surface area contributed by atoms with Gasteiger partial charge in [-0.05, 0) is 49.6 Å². The highest BCUT2D eigenvalue weighted by Gasteiger charge is 2.22. The van der Waals surface area contributed by atoms with Gasteiger partial charge in [0.2, 0.25) is 0 Å². The summed E-state index contributed by atoms with van der Waals surface area (Å²) in [7, 11) is 0. The summed E-state index contributed by atoms with van der Waals surface area (Å²) in [5, 5.41) is 8.86. The molecule has 1 saturated heterocycles. The van der Waals surface area contributed by atoms with Gasteiger partial charge in [-0.2, -0.15) is 0 Å². The van der Waals surface area contributed by atoms with E-state index in [2.05, 4.69) is 42.2 Å². The smallest absolute Gasteiger partial charge is 0.303 e. The Morgan fingerprint density at radius 2 is 2.08 bits per heavy atom. The molecule has 0 spiro atoms. The predicted molar refractivity (Wildman–Crippen MR) is 98.6 cm³/mol. The predicted octanol–water partition coefficient (Wildman–Crippen LogP) is 3.79. The van der Waals surface area contributed by atoms with Crippen LogP contribution in [0.15, 0.2) is 42.5 Å². The van der Waals surface area contributed by atoms with E-state index in [4.69, 9.17) is 10.1 Å². The second kappa shape index (κ2) is 8.26. The average molecular weight is 338 g/mol. The molecule has 4 nitrogen and oxygen atoms in total. The van der Waals surface area contributed by atoms with Crippen LogP contribution in [0, 0.1) is 6.92 Å². The number of likely N-dealkylation sites (tertiary alicyclic amines) is 1. The Bertz CT molecular complexity index is 729. The second-order valence-corrected chi connectivity index (χ2v) is 6.95. The van der Waals surface area contributed by atoms with Gasteiger partial charge in [-0.1, -0.05) is 30.3 Å². The van der Waals surface area contributed by atoms with Crippen molar-refractivity contribution in [2.75, 3.05) is 13.1 Å². The lowest BCUT2D eigenvalue weighted by Crippen LogP contribution is -2.34. The first kappa shape index (κ1) is 17.6. The van der Waals surface area contributed by atoms with Gasteiger partial charge in [0.15, 0.2) is 0 Å². The van der Waals surface area contributed by atoms with Crippen molar-refractivity contribution in [2.45, 2.75) is 45.1 Å². The molecule has 25 heavy (non-hydrogen) atoms. The zero-order chi connectivity index (χ0) is 17.6. The topological polar surface area (TPSA) is 53.4 Å². The summed E-state index contributed by atoms with van der Waals surface area (Å²) in [6, 6.07) is 14.6. The number of aliphatic carboxylic acids is 1. The van der Waals surface area contributed by atoms with Gasteiger partial charge in [-0.15, -0.1) is 0 Å². The molecule has 132 valence electrons. The van der Waals surface area contributed by atoms with Gasteiger partial charge in [-0.25, -0.2) is 0 Å². The second-order valence-electron chi connectivity index (χ2n) is 6.95. The van der Waals surface area contributed by atoms with Crippen molar-refractivity contribution in [1.82, 2.24) is 9.88 Å². The molecule has 1 aromatic heterocycles. The van der Waals surface area contributed by atoms with Gasteiger partial charge in [0.25, 0.3) is 0 Å². The molecule has 0 radical (unpaired) electrons. The van der Waals surface area contributed by atoms with Crippen LogP contribution in [0.4, 0.5) is 0 Å². The standard InChI is InChI=1S/C21H26N2O2/c1-16-6-2-3-7-17(16)14-23-13-5-8-18(15-23)20-10-4-9-19(22-20)11-12-21(24)25/h2-4,6-7,9-10,18H,5,8,11-15H2,1H3,(H,24,25). The van der Waals surface area contributed by atoms with E-state index in [-0.39, 0.29) is 6.42 Å². The number of carboxylic acid groups (broad SMARTS) is 1. The lowest BCUT2D eigenvalue weighted by Gasteiger charge is -2.33. The minimum Gasteiger partial charge on any atom is -0.481 e. The molecule has 0 bridgehead atoms. The molecule has 4 heteroatoms. The Morgan fingerprint density at radius 1 is 1.24 bits per heavy atom. The molecule has 3 rings (SSSR count). The monoisotopic (exact) mass is 338 g/mol. The maximum Gasteiger partial charge on any atom is 0.303 e. The number of hydrogen-bond donors (Lipinski definition) is 1. The molecular weight excluding hydrogens is 312 g/mol. The van der Waals surface area contributed by atoms with Crippen LogP contribution in [0.25, 0.3) is 0 Å². The van der Waals surface area contributed by atoms with Crippen molar-refractivity contribution in [1.29, 1.82) is 0 Å². The van der Waals surface area contributed by atoms with Gasteiger partial charge >= 0.3 is 5.97 Å². The molecule has 1 fully saturated rings. The SMILES string of the molecule is Cc1ccccc1CN1CCCC(c2cccc(CCC(=O)O)n2)C1. The zero-order valence-corrected chi connectivity index (χ0v) is 14.8. The highest BCUT2D eigenvalue weighted by atomic mass is 16.4. The summed E-state index contributed by atoms with van der Waals surface area (Å²) in [4.78, 5) is 18.0. The van der Waals surface area contributed by atoms with E-state index in [1.807, 2.05) is 12.1 Å². The lowest BCUT2D eigenvalue weighted by atomic mass is 9.93. The van der Waals surface area contributed by atoms with Gasteiger partial charge in [0.05, 0.1) is 6.42 Å². The number of carbonyl (C=O) groups is 1. The fourth-order valence-corrected chi connectivity index (χ4v) is 3.57. The van der Waals surface area contributed by atoms with E-state index in [0.717, 1.165) is 37.4 Å². The molecular formula is C21H26N2O2. The number of rotatable bonds is 6. The van der Waals surface area contributed by atoms with Gasteiger partial charge in [-0.3, -0.25) is 14.7 Å². The van der Waals surface area contributed by atoms with E-state index in [0.29, 0.717) is 12.3 Å². The van der Waals surface area contributed by atoms with E-state index >= 15 is 0 Å². The van der Waals surface area contributed by atoms with Crippen molar-refractivity contribution < 1.29 is 9.90 Å². The highest BCUT2D eigenvalue weighted by molar-refractivity contribution is 5.66. The Labute approximate surface area is 149 Å². The van der Waals surface area contributed by atoms with Crippen LogP contribution in [0.2, 0.25) is 0 Å². The molecule has 1 aliphatic heterocycles. The lowest BCUT2D eigenvalue weighted by molar-refractivity contribution is -0.136. The number of aromatic nitrogens is 1. The van der Waals surface area contributed by atoms with Crippen LogP contribution in [0.1, 0.15) is 47.7 Å². The van der Waals surface area contributed by atoms with Crippen LogP contribution < -0.4 is 0 Å². The van der Waals surface area contributed by atoms with Crippen molar-refractivity contribution in [2.24, 2.45) is 0 Å². The number of piperidine rings is 1. The van der Waals surface area contributed by atoms with Crippen LogP contribution in [-0.4, -0.2) is 34.0 Å². The maximum atomic E-state index is 10.8. The molecule has 0 amide bonds. The summed E-state index contributed by atoms with van der Waals surface area (Å²) in [6.45, 7) is 5.30. The molecule has 1 N–H and O–H groups in total. The first-order chi connectivity index (χ1) is 12.1. The third-order valence-corrected chi connectivity index (χ3v) is 5.00. The third kappa shape index (κ3) is 4.89. The highest BCUT2D eigenvalue weighted by Crippen LogP contribution is 2.27. The number of hydrogen-bond acceptors (Lipinski definition) is 3. The van der Waals surface area contributed by atoms with E-state index < -0.39 is 5.97 Å². The summed E-state index contributed by atoms with van der Waals surface area (Å²) in [5.41, 5.74) is 4.73. The first-order valence-electron chi connectivity index (χ1n) is 9.06. The summed E-state index contributed by atoms with van der Waals surface area (Å²) in [5.74, 6) is -0.336. The number of aryl methyl sites for hydroxylation is 2. The summed E-state index contributed by atoms with van der Waals surface area (Å²) >= 11 is 0. The number of pyridine rings is 1. The normalized spacial score (nSPS) is 18.2. The Kier molecular flexibility index (Phi) is 5.82. The molecule has 2 heterocycles. The largest absolute Gasteiger partial charge is 0.481 e. The zero-order valence-electron chi connectivity index (χ0n) is 14.8. The quantitative estimate of drug-likeness (QED) is 0.871. The fraction of sp³-hybridized carbons (Fsp3) is 0.429. The molecule has 1 unspecified atom stereocenters. The van der Waals surface area contributed by atoms with Gasteiger partial charge in [0.1, 0.15) is 0 Å². The summed E-state index contributed by atoms with van der Waals surface area (Å²) < 4.78 is 0. The molecule has 0 aliphatic carbocycles. The number of nitrogens with zero attached hydrogens (tertiary/aromatic N) is 2. The first-order valence-corrected chi connectivity index (χ1v) is 9.06.